The van der Waals surface area contributed by atoms with Gasteiger partial charge in [0.15, 0.2) is 6.10 Å². The predicted octanol–water partition coefficient (Wildman–Crippen LogP) is 1.11. The third kappa shape index (κ3) is 4.18. The molecule has 4 heteroatoms. The Hall–Kier alpha value is -0.610. The van der Waals surface area contributed by atoms with Gasteiger partial charge in [0.1, 0.15) is 0 Å². The molecule has 0 bridgehead atoms. The van der Waals surface area contributed by atoms with E-state index in [1.807, 2.05) is 13.8 Å². The molecule has 0 spiro atoms. The fourth-order valence-electron chi connectivity index (χ4n) is 1.85. The molecule has 2 unspecified atom stereocenters. The Labute approximate surface area is 91.0 Å². The minimum atomic E-state index is -0.853. The van der Waals surface area contributed by atoms with E-state index < -0.39 is 12.1 Å². The van der Waals surface area contributed by atoms with Crippen LogP contribution < -0.4 is 5.32 Å². The molecule has 1 rings (SSSR count). The van der Waals surface area contributed by atoms with Crippen LogP contribution in [0.15, 0.2) is 0 Å². The van der Waals surface area contributed by atoms with Gasteiger partial charge in [-0.1, -0.05) is 13.8 Å². The van der Waals surface area contributed by atoms with Gasteiger partial charge in [-0.3, -0.25) is 0 Å². The van der Waals surface area contributed by atoms with Crippen LogP contribution in [-0.2, 0) is 9.53 Å². The van der Waals surface area contributed by atoms with E-state index in [9.17, 15) is 4.79 Å². The van der Waals surface area contributed by atoms with Crippen molar-refractivity contribution in [3.05, 3.63) is 0 Å². The fraction of sp³-hybridized carbons (Fsp3) is 0.909. The molecule has 2 atom stereocenters. The van der Waals surface area contributed by atoms with E-state index in [4.69, 9.17) is 9.84 Å². The number of hydrogen-bond acceptors (Lipinski definition) is 3. The summed E-state index contributed by atoms with van der Waals surface area (Å²) in [5, 5.41) is 12.2. The molecule has 1 aliphatic heterocycles. The molecule has 0 saturated carbocycles. The number of carboxylic acid groups (broad SMARTS) is 1. The summed E-state index contributed by atoms with van der Waals surface area (Å²) in [6.07, 6.45) is 1.64. The largest absolute Gasteiger partial charge is 0.479 e. The van der Waals surface area contributed by atoms with E-state index in [0.717, 1.165) is 25.9 Å². The van der Waals surface area contributed by atoms with Gasteiger partial charge < -0.3 is 15.2 Å². The zero-order valence-corrected chi connectivity index (χ0v) is 9.53. The summed E-state index contributed by atoms with van der Waals surface area (Å²) in [4.78, 5) is 10.9. The highest BCUT2D eigenvalue weighted by Gasteiger charge is 2.24. The Morgan fingerprint density at radius 3 is 2.80 bits per heavy atom. The minimum Gasteiger partial charge on any atom is -0.479 e. The number of carbonyl (C=O) groups is 1. The number of piperidine rings is 1. The van der Waals surface area contributed by atoms with Gasteiger partial charge >= 0.3 is 5.97 Å². The van der Waals surface area contributed by atoms with Gasteiger partial charge in [-0.25, -0.2) is 4.79 Å². The Kier molecular flexibility index (Phi) is 5.05. The lowest BCUT2D eigenvalue weighted by Crippen LogP contribution is -2.36. The third-order valence-corrected chi connectivity index (χ3v) is 2.76. The second-order valence-electron chi connectivity index (χ2n) is 4.55. The maximum Gasteiger partial charge on any atom is 0.333 e. The highest BCUT2D eigenvalue weighted by atomic mass is 16.5. The van der Waals surface area contributed by atoms with Crippen molar-refractivity contribution in [3.63, 3.8) is 0 Å². The Morgan fingerprint density at radius 1 is 1.60 bits per heavy atom. The fourth-order valence-corrected chi connectivity index (χ4v) is 1.85. The van der Waals surface area contributed by atoms with Crippen molar-refractivity contribution in [3.8, 4) is 0 Å². The first-order valence-corrected chi connectivity index (χ1v) is 5.66. The molecule has 0 aromatic heterocycles. The average Bonchev–Trinajstić information content (AvgIpc) is 2.18. The summed E-state index contributed by atoms with van der Waals surface area (Å²) in [5.74, 6) is -0.354. The standard InChI is InChI=1S/C11H21NO3/c1-8(2)10(11(13)14)15-7-9-4-3-5-12-6-9/h8-10,12H,3-7H2,1-2H3,(H,13,14). The molecule has 88 valence electrons. The van der Waals surface area contributed by atoms with Gasteiger partial charge in [-0.2, -0.15) is 0 Å². The summed E-state index contributed by atoms with van der Waals surface area (Å²) >= 11 is 0. The second-order valence-corrected chi connectivity index (χ2v) is 4.55. The van der Waals surface area contributed by atoms with E-state index in [0.29, 0.717) is 12.5 Å². The van der Waals surface area contributed by atoms with E-state index in [1.54, 1.807) is 0 Å². The van der Waals surface area contributed by atoms with Crippen LogP contribution in [0.3, 0.4) is 0 Å². The summed E-state index contributed by atoms with van der Waals surface area (Å²) in [5.41, 5.74) is 0. The van der Waals surface area contributed by atoms with Crippen LogP contribution in [0.1, 0.15) is 26.7 Å². The normalized spacial score (nSPS) is 24.1. The van der Waals surface area contributed by atoms with Crippen molar-refractivity contribution >= 4 is 5.97 Å². The zero-order valence-electron chi connectivity index (χ0n) is 9.53. The predicted molar refractivity (Wildman–Crippen MR) is 57.8 cm³/mol. The Balaban J connectivity index is 2.29. The molecule has 15 heavy (non-hydrogen) atoms. The van der Waals surface area contributed by atoms with Gasteiger partial charge in [0.2, 0.25) is 0 Å². The molecule has 1 saturated heterocycles. The lowest BCUT2D eigenvalue weighted by Gasteiger charge is -2.25. The van der Waals surface area contributed by atoms with Crippen LogP contribution in [0.25, 0.3) is 0 Å². The molecule has 1 fully saturated rings. The topological polar surface area (TPSA) is 58.6 Å². The van der Waals surface area contributed by atoms with Gasteiger partial charge in [0.25, 0.3) is 0 Å². The van der Waals surface area contributed by atoms with Crippen LogP contribution in [0, 0.1) is 11.8 Å². The first-order valence-electron chi connectivity index (χ1n) is 5.66. The lowest BCUT2D eigenvalue weighted by molar-refractivity contribution is -0.154. The molecule has 0 radical (unpaired) electrons. The van der Waals surface area contributed by atoms with Crippen molar-refractivity contribution in [1.29, 1.82) is 0 Å². The molecule has 0 aliphatic carbocycles. The van der Waals surface area contributed by atoms with Gasteiger partial charge in [0, 0.05) is 6.54 Å². The minimum absolute atomic E-state index is 0.0269. The quantitative estimate of drug-likeness (QED) is 0.721. The molecule has 0 amide bonds. The van der Waals surface area contributed by atoms with Crippen LogP contribution in [0.4, 0.5) is 0 Å². The average molecular weight is 215 g/mol. The first kappa shape index (κ1) is 12.5. The molecule has 4 nitrogen and oxygen atoms in total. The van der Waals surface area contributed by atoms with Crippen molar-refractivity contribution in [2.45, 2.75) is 32.8 Å². The summed E-state index contributed by atoms with van der Waals surface area (Å²) in [7, 11) is 0. The number of rotatable bonds is 5. The molecule has 1 aliphatic rings. The monoisotopic (exact) mass is 215 g/mol. The smallest absolute Gasteiger partial charge is 0.333 e. The van der Waals surface area contributed by atoms with E-state index >= 15 is 0 Å². The van der Waals surface area contributed by atoms with Crippen molar-refractivity contribution in [2.75, 3.05) is 19.7 Å². The highest BCUT2D eigenvalue weighted by molar-refractivity contribution is 5.72. The number of aliphatic carboxylic acids is 1. The van der Waals surface area contributed by atoms with E-state index in [1.165, 1.54) is 0 Å². The first-order chi connectivity index (χ1) is 7.11. The van der Waals surface area contributed by atoms with Crippen LogP contribution in [-0.4, -0.2) is 36.9 Å². The Bertz CT molecular complexity index is 200. The van der Waals surface area contributed by atoms with Gasteiger partial charge in [-0.15, -0.1) is 0 Å². The molecule has 2 N–H and O–H groups in total. The highest BCUT2D eigenvalue weighted by Crippen LogP contribution is 2.14. The maximum atomic E-state index is 10.9. The molecular formula is C11H21NO3. The Morgan fingerprint density at radius 2 is 2.33 bits per heavy atom. The second kappa shape index (κ2) is 6.08. The van der Waals surface area contributed by atoms with Crippen molar-refractivity contribution in [2.24, 2.45) is 11.8 Å². The van der Waals surface area contributed by atoms with Gasteiger partial charge in [-0.05, 0) is 31.2 Å². The summed E-state index contributed by atoms with van der Waals surface area (Å²) in [6.45, 7) is 6.32. The van der Waals surface area contributed by atoms with Crippen LogP contribution >= 0.6 is 0 Å². The van der Waals surface area contributed by atoms with Crippen molar-refractivity contribution in [1.82, 2.24) is 5.32 Å². The number of ether oxygens (including phenoxy) is 1. The van der Waals surface area contributed by atoms with E-state index in [-0.39, 0.29) is 5.92 Å². The molecular weight excluding hydrogens is 194 g/mol. The number of hydrogen-bond donors (Lipinski definition) is 2. The number of carboxylic acids is 1. The zero-order chi connectivity index (χ0) is 11.3. The molecule has 0 aromatic rings. The van der Waals surface area contributed by atoms with Gasteiger partial charge in [0.05, 0.1) is 6.61 Å². The lowest BCUT2D eigenvalue weighted by atomic mass is 10.0. The summed E-state index contributed by atoms with van der Waals surface area (Å²) < 4.78 is 5.46. The van der Waals surface area contributed by atoms with Crippen molar-refractivity contribution < 1.29 is 14.6 Å². The maximum absolute atomic E-state index is 10.9. The molecule has 0 aromatic carbocycles. The van der Waals surface area contributed by atoms with Crippen LogP contribution in [0.2, 0.25) is 0 Å². The van der Waals surface area contributed by atoms with Crippen LogP contribution in [0.5, 0.6) is 0 Å². The molecule has 1 heterocycles. The third-order valence-electron chi connectivity index (χ3n) is 2.76. The summed E-state index contributed by atoms with van der Waals surface area (Å²) in [6, 6.07) is 0. The number of nitrogens with one attached hydrogen (secondary N) is 1. The SMILES string of the molecule is CC(C)C(OCC1CCCNC1)C(=O)O. The van der Waals surface area contributed by atoms with E-state index in [2.05, 4.69) is 5.32 Å².